The Kier molecular flexibility index (Phi) is 5.27. The molecule has 33 heavy (non-hydrogen) atoms. The summed E-state index contributed by atoms with van der Waals surface area (Å²) in [6.07, 6.45) is 0.0232. The van der Waals surface area contributed by atoms with Gasteiger partial charge in [0.05, 0.1) is 17.6 Å². The summed E-state index contributed by atoms with van der Waals surface area (Å²) in [6, 6.07) is 6.16. The molecule has 10 nitrogen and oxygen atoms in total. The van der Waals surface area contributed by atoms with Crippen molar-refractivity contribution in [2.24, 2.45) is 0 Å². The van der Waals surface area contributed by atoms with Crippen molar-refractivity contribution in [3.63, 3.8) is 0 Å². The summed E-state index contributed by atoms with van der Waals surface area (Å²) in [5.74, 6) is -1.55. The first-order valence-corrected chi connectivity index (χ1v) is 11.3. The van der Waals surface area contributed by atoms with E-state index in [0.717, 1.165) is 5.69 Å². The van der Waals surface area contributed by atoms with Crippen LogP contribution in [0.25, 0.3) is 5.69 Å². The van der Waals surface area contributed by atoms with Gasteiger partial charge in [-0.3, -0.25) is 14.7 Å². The number of para-hydroxylation sites is 2. The molecule has 5 rings (SSSR count). The van der Waals surface area contributed by atoms with Gasteiger partial charge >= 0.3 is 0 Å². The number of aryl methyl sites for hydroxylation is 1. The van der Waals surface area contributed by atoms with Crippen LogP contribution in [0.15, 0.2) is 30.5 Å². The summed E-state index contributed by atoms with van der Waals surface area (Å²) >= 11 is 5.85. The molecule has 5 atom stereocenters. The van der Waals surface area contributed by atoms with Gasteiger partial charge < -0.3 is 28.3 Å². The van der Waals surface area contributed by atoms with E-state index in [4.69, 9.17) is 35.9 Å². The number of aromatic nitrogens is 2. The maximum atomic E-state index is 11.7. The Morgan fingerprint density at radius 1 is 1.09 bits per heavy atom. The lowest BCUT2D eigenvalue weighted by Gasteiger charge is -2.29. The van der Waals surface area contributed by atoms with E-state index < -0.39 is 35.0 Å². The number of nitro benzene ring substituents is 1. The van der Waals surface area contributed by atoms with Gasteiger partial charge in [-0.2, -0.15) is 0 Å². The molecule has 3 saturated heterocycles. The van der Waals surface area contributed by atoms with Gasteiger partial charge in [0.15, 0.2) is 22.6 Å². The Hall–Kier alpha value is -2.15. The summed E-state index contributed by atoms with van der Waals surface area (Å²) in [5.41, 5.74) is 1.13. The molecule has 3 aliphatic heterocycles. The summed E-state index contributed by atoms with van der Waals surface area (Å²) in [4.78, 5) is 11.2. The molecule has 178 valence electrons. The second kappa shape index (κ2) is 7.69. The lowest BCUT2D eigenvalue weighted by molar-refractivity contribution is -0.384. The molecule has 0 amide bonds. The number of benzene rings is 1. The van der Waals surface area contributed by atoms with Crippen LogP contribution in [-0.4, -0.2) is 56.8 Å². The Bertz CT molecular complexity index is 1160. The van der Waals surface area contributed by atoms with Crippen LogP contribution in [0.4, 0.5) is 5.69 Å². The van der Waals surface area contributed by atoms with Gasteiger partial charge in [0.1, 0.15) is 24.0 Å². The molecule has 0 radical (unpaired) electrons. The van der Waals surface area contributed by atoms with Gasteiger partial charge in [-0.05, 0) is 52.9 Å². The molecular weight excluding hydrogens is 450 g/mol. The molecule has 2 aromatic rings. The maximum Gasteiger partial charge on any atom is 0.293 e. The van der Waals surface area contributed by atoms with E-state index in [1.807, 2.05) is 45.4 Å². The van der Waals surface area contributed by atoms with Gasteiger partial charge in [-0.1, -0.05) is 12.1 Å². The normalized spacial score (nSPS) is 32.2. The minimum Gasteiger partial charge on any atom is -0.348 e. The average Bonchev–Trinajstić information content (AvgIpc) is 3.41. The molecule has 0 aliphatic carbocycles. The lowest BCUT2D eigenvalue weighted by atomic mass is 10.0. The zero-order valence-corrected chi connectivity index (χ0v) is 19.9. The molecule has 0 unspecified atom stereocenters. The summed E-state index contributed by atoms with van der Waals surface area (Å²) < 4.78 is 34.4. The van der Waals surface area contributed by atoms with E-state index in [9.17, 15) is 10.1 Å². The number of fused-ring (bicyclic) bond motifs is 1. The average molecular weight is 478 g/mol. The summed E-state index contributed by atoms with van der Waals surface area (Å²) in [7, 11) is 0. The van der Waals surface area contributed by atoms with Gasteiger partial charge in [0.2, 0.25) is 0 Å². The first-order chi connectivity index (χ1) is 15.5. The van der Waals surface area contributed by atoms with E-state index in [0.29, 0.717) is 17.1 Å². The first-order valence-electron chi connectivity index (χ1n) is 10.8. The number of hydrogen-bond acceptors (Lipinski definition) is 8. The van der Waals surface area contributed by atoms with Gasteiger partial charge in [-0.15, -0.1) is 0 Å². The number of rotatable bonds is 4. The highest BCUT2D eigenvalue weighted by atomic mass is 32.1. The zero-order chi connectivity index (χ0) is 23.7. The molecule has 0 N–H and O–H groups in total. The van der Waals surface area contributed by atoms with E-state index in [1.165, 1.54) is 6.07 Å². The molecule has 3 fully saturated rings. The molecule has 0 saturated carbocycles. The molecular formula is C22H27N3O7S. The van der Waals surface area contributed by atoms with Crippen molar-refractivity contribution < 1.29 is 28.6 Å². The molecule has 0 bridgehead atoms. The summed E-state index contributed by atoms with van der Waals surface area (Å²) in [6.45, 7) is 9.60. The third kappa shape index (κ3) is 3.82. The minimum absolute atomic E-state index is 0.0255. The minimum atomic E-state index is -0.817. The fourth-order valence-corrected chi connectivity index (χ4v) is 5.33. The smallest absolute Gasteiger partial charge is 0.293 e. The van der Waals surface area contributed by atoms with Crippen LogP contribution in [0.3, 0.4) is 0 Å². The van der Waals surface area contributed by atoms with Gasteiger partial charge in [-0.25, -0.2) is 0 Å². The number of hydrogen-bond donors (Lipinski definition) is 0. The van der Waals surface area contributed by atoms with Crippen LogP contribution in [0.1, 0.15) is 39.4 Å². The molecule has 0 spiro atoms. The first kappa shape index (κ1) is 22.6. The number of imidazole rings is 1. The fraction of sp³-hybridized carbons (Fsp3) is 0.591. The Morgan fingerprint density at radius 3 is 2.48 bits per heavy atom. The van der Waals surface area contributed by atoms with Crippen LogP contribution in [0.2, 0.25) is 0 Å². The predicted octanol–water partition coefficient (Wildman–Crippen LogP) is 3.79. The van der Waals surface area contributed by atoms with Crippen molar-refractivity contribution in [1.82, 2.24) is 9.13 Å². The SMILES string of the molecule is Cc1cn([C@@H]2[C@H]3OC(C)(C)O[C@H]3O[C@@H]2[C@H]2COC(C)(C)O2)c(=S)n1-c1ccccc1[N+](=O)[O-]. The van der Waals surface area contributed by atoms with Crippen LogP contribution in [-0.2, 0) is 23.7 Å². The predicted molar refractivity (Wildman–Crippen MR) is 119 cm³/mol. The number of ether oxygens (including phenoxy) is 5. The largest absolute Gasteiger partial charge is 0.348 e. The standard InChI is InChI=1S/C22H27N3O7S/c1-12-10-23(20(33)24(12)13-8-6-7-9-14(13)25(26)27)16-17(15-11-28-21(2,3)30-15)29-19-18(16)31-22(4,5)32-19/h6-10,15-19H,11H2,1-5H3/t15-,16+,17-,18-,19-/m1/s1. The highest BCUT2D eigenvalue weighted by Crippen LogP contribution is 2.46. The van der Waals surface area contributed by atoms with Crippen molar-refractivity contribution in [2.75, 3.05) is 6.61 Å². The summed E-state index contributed by atoms with van der Waals surface area (Å²) in [5, 5.41) is 11.7. The zero-order valence-electron chi connectivity index (χ0n) is 19.1. The lowest BCUT2D eigenvalue weighted by Crippen LogP contribution is -2.40. The van der Waals surface area contributed by atoms with Crippen molar-refractivity contribution in [1.29, 1.82) is 0 Å². The number of nitrogens with zero attached hydrogens (tertiary/aromatic N) is 3. The van der Waals surface area contributed by atoms with E-state index >= 15 is 0 Å². The van der Waals surface area contributed by atoms with Gasteiger partial charge in [0.25, 0.3) is 5.69 Å². The number of nitro groups is 1. The van der Waals surface area contributed by atoms with Crippen molar-refractivity contribution >= 4 is 17.9 Å². The molecule has 11 heteroatoms. The molecule has 1 aromatic heterocycles. The van der Waals surface area contributed by atoms with E-state index in [2.05, 4.69) is 0 Å². The fourth-order valence-electron chi connectivity index (χ4n) is 4.91. The maximum absolute atomic E-state index is 11.7. The molecule has 3 aliphatic rings. The van der Waals surface area contributed by atoms with Crippen molar-refractivity contribution in [3.05, 3.63) is 51.0 Å². The highest BCUT2D eigenvalue weighted by molar-refractivity contribution is 7.71. The Balaban J connectivity index is 1.60. The van der Waals surface area contributed by atoms with Gasteiger partial charge in [0, 0.05) is 18.0 Å². The van der Waals surface area contributed by atoms with Crippen LogP contribution >= 0.6 is 12.2 Å². The monoisotopic (exact) mass is 477 g/mol. The van der Waals surface area contributed by atoms with E-state index in [-0.39, 0.29) is 17.8 Å². The Labute approximate surface area is 196 Å². The second-order valence-electron chi connectivity index (χ2n) is 9.47. The van der Waals surface area contributed by atoms with Crippen LogP contribution in [0, 0.1) is 21.8 Å². The van der Waals surface area contributed by atoms with Crippen molar-refractivity contribution in [3.8, 4) is 5.69 Å². The van der Waals surface area contributed by atoms with Crippen LogP contribution in [0.5, 0.6) is 0 Å². The topological polar surface area (TPSA) is 99.2 Å². The van der Waals surface area contributed by atoms with Crippen molar-refractivity contribution in [2.45, 2.75) is 76.8 Å². The third-order valence-corrected chi connectivity index (χ3v) is 6.57. The van der Waals surface area contributed by atoms with Crippen LogP contribution < -0.4 is 0 Å². The Morgan fingerprint density at radius 2 is 1.82 bits per heavy atom. The second-order valence-corrected chi connectivity index (χ2v) is 9.83. The molecule has 4 heterocycles. The highest BCUT2D eigenvalue weighted by Gasteiger charge is 2.59. The van der Waals surface area contributed by atoms with E-state index in [1.54, 1.807) is 22.8 Å². The molecule has 1 aromatic carbocycles. The quantitative estimate of drug-likeness (QED) is 0.373. The third-order valence-electron chi connectivity index (χ3n) is 6.18.